The molecule has 2 saturated carbocycles. The summed E-state index contributed by atoms with van der Waals surface area (Å²) < 4.78 is 0. The summed E-state index contributed by atoms with van der Waals surface area (Å²) in [6.07, 6.45) is 14.9. The molecule has 0 atom stereocenters. The van der Waals surface area contributed by atoms with Gasteiger partial charge >= 0.3 is 0 Å². The predicted octanol–water partition coefficient (Wildman–Crippen LogP) is 7.81. The topological polar surface area (TPSA) is 0 Å². The molecule has 142 valence electrons. The molecule has 0 saturated heterocycles. The van der Waals surface area contributed by atoms with Crippen molar-refractivity contribution in [1.82, 2.24) is 0 Å². The molecule has 2 fully saturated rings. The Morgan fingerprint density at radius 1 is 0.630 bits per heavy atom. The number of fused-ring (bicyclic) bond motifs is 3. The number of hydrogen-bond donors (Lipinski definition) is 0. The van der Waals surface area contributed by atoms with Crippen molar-refractivity contribution in [3.63, 3.8) is 0 Å². The summed E-state index contributed by atoms with van der Waals surface area (Å²) in [7, 11) is -0.546. The molecule has 0 unspecified atom stereocenters. The molecule has 0 N–H and O–H groups in total. The lowest BCUT2D eigenvalue weighted by molar-refractivity contribution is 0.477. The maximum Gasteiger partial charge on any atom is 0.126 e. The Bertz CT molecular complexity index is 732. The van der Waals surface area contributed by atoms with E-state index in [1.54, 1.807) is 11.1 Å². The molecule has 0 bridgehead atoms. The van der Waals surface area contributed by atoms with E-state index in [0.717, 1.165) is 11.3 Å². The Balaban J connectivity index is 1.67. The minimum absolute atomic E-state index is 0.294. The van der Waals surface area contributed by atoms with E-state index in [0.29, 0.717) is 5.16 Å². The van der Waals surface area contributed by atoms with Crippen LogP contribution in [-0.4, -0.2) is 11.3 Å². The van der Waals surface area contributed by atoms with Gasteiger partial charge in [0.1, 0.15) is 5.16 Å². The van der Waals surface area contributed by atoms with E-state index >= 15 is 0 Å². The van der Waals surface area contributed by atoms with Gasteiger partial charge < -0.3 is 0 Å². The van der Waals surface area contributed by atoms with Crippen molar-refractivity contribution in [2.45, 2.75) is 87.6 Å². The minimum Gasteiger partial charge on any atom is -0.0618 e. The standard InChI is InChI=1S/C26H33P/c1-26(24-18-10-8-16-22(24)23-17-9-11-19-25(23)26)27(20-12-4-2-5-13-20)21-14-6-3-7-15-21/h8-11,16-21H,2-7,12-15H2,1H3/p+1. The van der Waals surface area contributed by atoms with Crippen LogP contribution in [0.3, 0.4) is 0 Å². The third kappa shape index (κ3) is 2.91. The summed E-state index contributed by atoms with van der Waals surface area (Å²) >= 11 is 0. The molecule has 2 aromatic carbocycles. The maximum atomic E-state index is 2.66. The average Bonchev–Trinajstić information content (AvgIpc) is 3.00. The largest absolute Gasteiger partial charge is 0.126 e. The molecular weight excluding hydrogens is 343 g/mol. The predicted molar refractivity (Wildman–Crippen MR) is 120 cm³/mol. The van der Waals surface area contributed by atoms with Crippen LogP contribution in [0.5, 0.6) is 0 Å². The Kier molecular flexibility index (Phi) is 4.89. The minimum atomic E-state index is -0.546. The fourth-order valence-electron chi connectivity index (χ4n) is 6.74. The highest BCUT2D eigenvalue weighted by atomic mass is 31.1. The van der Waals surface area contributed by atoms with E-state index in [1.165, 1.54) is 75.3 Å². The van der Waals surface area contributed by atoms with Crippen LogP contribution in [0.25, 0.3) is 11.1 Å². The SMILES string of the molecule is CC1([PH+](C2CCCCC2)C2CCCCC2)c2ccccc2-c2ccccc21. The van der Waals surface area contributed by atoms with E-state index in [2.05, 4.69) is 55.5 Å². The molecule has 1 heteroatoms. The summed E-state index contributed by atoms with van der Waals surface area (Å²) in [6, 6.07) is 18.8. The molecule has 3 aliphatic rings. The van der Waals surface area contributed by atoms with Gasteiger partial charge in [0, 0.05) is 19.0 Å². The lowest BCUT2D eigenvalue weighted by atomic mass is 9.97. The van der Waals surface area contributed by atoms with Crippen LogP contribution in [0.15, 0.2) is 48.5 Å². The van der Waals surface area contributed by atoms with Gasteiger partial charge in [-0.25, -0.2) is 0 Å². The van der Waals surface area contributed by atoms with Gasteiger partial charge in [0.05, 0.1) is 11.3 Å². The smallest absolute Gasteiger partial charge is 0.0618 e. The summed E-state index contributed by atoms with van der Waals surface area (Å²) in [5.74, 6) is 0. The van der Waals surface area contributed by atoms with E-state index < -0.39 is 7.92 Å². The van der Waals surface area contributed by atoms with Crippen molar-refractivity contribution >= 4 is 7.92 Å². The van der Waals surface area contributed by atoms with Gasteiger partial charge in [0.2, 0.25) is 0 Å². The quantitative estimate of drug-likeness (QED) is 0.478. The molecule has 0 amide bonds. The molecule has 0 nitrogen and oxygen atoms in total. The molecule has 27 heavy (non-hydrogen) atoms. The zero-order valence-corrected chi connectivity index (χ0v) is 17.8. The van der Waals surface area contributed by atoms with Gasteiger partial charge in [0.15, 0.2) is 0 Å². The summed E-state index contributed by atoms with van der Waals surface area (Å²) in [5.41, 5.74) is 8.41. The van der Waals surface area contributed by atoms with Gasteiger partial charge in [-0.05, 0) is 69.4 Å². The fraction of sp³-hybridized carbons (Fsp3) is 0.538. The Labute approximate surface area is 166 Å². The number of hydrogen-bond acceptors (Lipinski definition) is 0. The van der Waals surface area contributed by atoms with Crippen molar-refractivity contribution in [1.29, 1.82) is 0 Å². The van der Waals surface area contributed by atoms with Crippen molar-refractivity contribution in [2.75, 3.05) is 0 Å². The van der Waals surface area contributed by atoms with Crippen molar-refractivity contribution < 1.29 is 0 Å². The lowest BCUT2D eigenvalue weighted by Crippen LogP contribution is -2.32. The Morgan fingerprint density at radius 3 is 1.48 bits per heavy atom. The first-order valence-corrected chi connectivity index (χ1v) is 13.0. The maximum absolute atomic E-state index is 2.66. The lowest BCUT2D eigenvalue weighted by Gasteiger charge is -2.42. The van der Waals surface area contributed by atoms with Crippen LogP contribution in [-0.2, 0) is 5.16 Å². The third-order valence-electron chi connectivity index (χ3n) is 7.89. The third-order valence-corrected chi connectivity index (χ3v) is 12.5. The highest BCUT2D eigenvalue weighted by Crippen LogP contribution is 2.73. The van der Waals surface area contributed by atoms with E-state index in [1.807, 2.05) is 0 Å². The second kappa shape index (κ2) is 7.36. The van der Waals surface area contributed by atoms with Gasteiger partial charge in [-0.3, -0.25) is 0 Å². The highest BCUT2D eigenvalue weighted by Gasteiger charge is 2.56. The van der Waals surface area contributed by atoms with Crippen LogP contribution in [0.1, 0.15) is 82.3 Å². The Morgan fingerprint density at radius 2 is 1.04 bits per heavy atom. The molecule has 0 aliphatic heterocycles. The zero-order chi connectivity index (χ0) is 18.3. The molecule has 0 radical (unpaired) electrons. The van der Waals surface area contributed by atoms with Gasteiger partial charge in [0.25, 0.3) is 0 Å². The number of benzene rings is 2. The van der Waals surface area contributed by atoms with Crippen molar-refractivity contribution in [3.8, 4) is 11.1 Å². The monoisotopic (exact) mass is 377 g/mol. The normalized spacial score (nSPS) is 22.6. The number of rotatable bonds is 3. The Hall–Kier alpha value is -1.13. The van der Waals surface area contributed by atoms with Gasteiger partial charge in [-0.2, -0.15) is 0 Å². The molecule has 0 aromatic heterocycles. The zero-order valence-electron chi connectivity index (χ0n) is 16.8. The summed E-state index contributed by atoms with van der Waals surface area (Å²) in [5, 5.41) is 0.294. The first-order chi connectivity index (χ1) is 13.3. The van der Waals surface area contributed by atoms with E-state index in [-0.39, 0.29) is 0 Å². The van der Waals surface area contributed by atoms with Gasteiger partial charge in [-0.1, -0.05) is 61.4 Å². The van der Waals surface area contributed by atoms with E-state index in [4.69, 9.17) is 0 Å². The van der Waals surface area contributed by atoms with Crippen LogP contribution >= 0.6 is 7.92 Å². The highest BCUT2D eigenvalue weighted by molar-refractivity contribution is 7.60. The second-order valence-corrected chi connectivity index (χ2v) is 12.9. The molecule has 0 spiro atoms. The molecule has 5 rings (SSSR count). The first kappa shape index (κ1) is 17.9. The van der Waals surface area contributed by atoms with Crippen molar-refractivity contribution in [2.24, 2.45) is 0 Å². The average molecular weight is 378 g/mol. The molecule has 0 heterocycles. The molecular formula is C26H34P+. The fourth-order valence-corrected chi connectivity index (χ4v) is 12.2. The molecule has 2 aromatic rings. The van der Waals surface area contributed by atoms with E-state index in [9.17, 15) is 0 Å². The van der Waals surface area contributed by atoms with Crippen LogP contribution in [0.4, 0.5) is 0 Å². The summed E-state index contributed by atoms with van der Waals surface area (Å²) in [4.78, 5) is 0. The van der Waals surface area contributed by atoms with Crippen LogP contribution in [0, 0.1) is 0 Å². The second-order valence-electron chi connectivity index (χ2n) is 9.34. The van der Waals surface area contributed by atoms with Crippen LogP contribution < -0.4 is 0 Å². The van der Waals surface area contributed by atoms with Crippen molar-refractivity contribution in [3.05, 3.63) is 59.7 Å². The summed E-state index contributed by atoms with van der Waals surface area (Å²) in [6.45, 7) is 2.66. The first-order valence-electron chi connectivity index (χ1n) is 11.4. The van der Waals surface area contributed by atoms with Gasteiger partial charge in [-0.15, -0.1) is 0 Å². The molecule has 3 aliphatic carbocycles. The van der Waals surface area contributed by atoms with Crippen LogP contribution in [0.2, 0.25) is 0 Å².